The zero-order valence-electron chi connectivity index (χ0n) is 13.1. The number of nitrogens with zero attached hydrogens (tertiary/aromatic N) is 2. The maximum absolute atomic E-state index is 12.8. The van der Waals surface area contributed by atoms with Crippen molar-refractivity contribution in [2.24, 2.45) is 5.73 Å². The lowest BCUT2D eigenvalue weighted by Crippen LogP contribution is -2.35. The first-order chi connectivity index (χ1) is 11.9. The van der Waals surface area contributed by atoms with Crippen LogP contribution in [0.3, 0.4) is 0 Å². The lowest BCUT2D eigenvalue weighted by molar-refractivity contribution is 0.100. The summed E-state index contributed by atoms with van der Waals surface area (Å²) in [5, 5.41) is 4.20. The maximum Gasteiger partial charge on any atom is 0.275 e. The molecule has 25 heavy (non-hydrogen) atoms. The van der Waals surface area contributed by atoms with Crippen LogP contribution in [0.4, 0.5) is 5.00 Å². The quantitative estimate of drug-likeness (QED) is 0.791. The Hall–Kier alpha value is -1.82. The van der Waals surface area contributed by atoms with Gasteiger partial charge >= 0.3 is 0 Å². The number of primary amides is 1. The van der Waals surface area contributed by atoms with Crippen LogP contribution in [-0.4, -0.2) is 42.6 Å². The molecule has 0 aromatic carbocycles. The number of piperidine rings is 1. The Morgan fingerprint density at radius 2 is 1.96 bits per heavy atom. The van der Waals surface area contributed by atoms with Crippen LogP contribution in [-0.2, 0) is 10.0 Å². The summed E-state index contributed by atoms with van der Waals surface area (Å²) in [6.45, 7) is 0.902. The molecule has 1 aliphatic heterocycles. The Morgan fingerprint density at radius 3 is 2.56 bits per heavy atom. The molecule has 8 nitrogen and oxygen atoms in total. The van der Waals surface area contributed by atoms with Gasteiger partial charge in [0.2, 0.25) is 0 Å². The third kappa shape index (κ3) is 3.73. The number of sulfonamides is 1. The van der Waals surface area contributed by atoms with Gasteiger partial charge in [0.1, 0.15) is 14.9 Å². The van der Waals surface area contributed by atoms with E-state index in [1.54, 1.807) is 5.38 Å². The largest absolute Gasteiger partial charge is 0.366 e. The highest BCUT2D eigenvalue weighted by Crippen LogP contribution is 2.34. The molecular formula is C14H16N4O4S3. The molecule has 1 fully saturated rings. The number of hydrogen-bond acceptors (Lipinski definition) is 7. The summed E-state index contributed by atoms with van der Waals surface area (Å²) in [6, 6.07) is 1.23. The fourth-order valence-electron chi connectivity index (χ4n) is 2.50. The van der Waals surface area contributed by atoms with Crippen molar-refractivity contribution in [3.8, 4) is 0 Å². The summed E-state index contributed by atoms with van der Waals surface area (Å²) in [5.41, 5.74) is 7.01. The number of rotatable bonds is 5. The normalized spacial score (nSPS) is 15.8. The minimum absolute atomic E-state index is 0.00298. The van der Waals surface area contributed by atoms with E-state index < -0.39 is 21.8 Å². The first kappa shape index (κ1) is 18.0. The number of nitrogens with one attached hydrogen (secondary N) is 1. The Kier molecular flexibility index (Phi) is 5.18. The molecule has 1 saturated heterocycles. The van der Waals surface area contributed by atoms with Crippen molar-refractivity contribution >= 4 is 49.5 Å². The molecule has 134 valence electrons. The predicted molar refractivity (Wildman–Crippen MR) is 95.5 cm³/mol. The van der Waals surface area contributed by atoms with Gasteiger partial charge in [-0.15, -0.1) is 22.7 Å². The topological polar surface area (TPSA) is 122 Å². The van der Waals surface area contributed by atoms with Gasteiger partial charge in [0.05, 0.1) is 11.1 Å². The fraction of sp³-hybridized carbons (Fsp3) is 0.357. The average molecular weight is 401 g/mol. The molecule has 3 heterocycles. The molecule has 2 aromatic heterocycles. The number of aromatic nitrogens is 1. The summed E-state index contributed by atoms with van der Waals surface area (Å²) in [7, 11) is -3.71. The van der Waals surface area contributed by atoms with Crippen molar-refractivity contribution in [1.82, 2.24) is 9.29 Å². The zero-order valence-corrected chi connectivity index (χ0v) is 15.5. The smallest absolute Gasteiger partial charge is 0.275 e. The van der Waals surface area contributed by atoms with Crippen LogP contribution in [0.2, 0.25) is 0 Å². The van der Waals surface area contributed by atoms with E-state index in [0.717, 1.165) is 30.6 Å². The lowest BCUT2D eigenvalue weighted by atomic mass is 10.2. The molecule has 0 radical (unpaired) electrons. The Balaban J connectivity index is 1.91. The van der Waals surface area contributed by atoms with E-state index in [1.807, 2.05) is 0 Å². The molecule has 0 saturated carbocycles. The molecule has 0 unspecified atom stereocenters. The van der Waals surface area contributed by atoms with E-state index in [-0.39, 0.29) is 20.5 Å². The molecule has 2 amide bonds. The third-order valence-electron chi connectivity index (χ3n) is 3.78. The van der Waals surface area contributed by atoms with Gasteiger partial charge in [0, 0.05) is 18.5 Å². The van der Waals surface area contributed by atoms with Gasteiger partial charge in [-0.1, -0.05) is 6.42 Å². The standard InChI is InChI=1S/C14H16N4O4S3/c15-12(19)9-6-11(25(21,22)18-4-2-1-3-5-18)24-14(9)17-13(20)10-7-23-8-16-10/h6-8H,1-5H2,(H2,15,19)(H,17,20). The molecule has 3 N–H and O–H groups in total. The van der Waals surface area contributed by atoms with Gasteiger partial charge < -0.3 is 11.1 Å². The van der Waals surface area contributed by atoms with Crippen molar-refractivity contribution in [2.75, 3.05) is 18.4 Å². The van der Waals surface area contributed by atoms with Crippen LogP contribution in [0.5, 0.6) is 0 Å². The first-order valence-corrected chi connectivity index (χ1v) is 10.7. The predicted octanol–water partition coefficient (Wildman–Crippen LogP) is 1.73. The molecule has 11 heteroatoms. The number of carbonyl (C=O) groups excluding carboxylic acids is 2. The highest BCUT2D eigenvalue weighted by molar-refractivity contribution is 7.91. The SMILES string of the molecule is NC(=O)c1cc(S(=O)(=O)N2CCCCC2)sc1NC(=O)c1cscn1. The van der Waals surface area contributed by atoms with Crippen molar-refractivity contribution in [3.63, 3.8) is 0 Å². The highest BCUT2D eigenvalue weighted by atomic mass is 32.2. The number of amides is 2. The van der Waals surface area contributed by atoms with E-state index >= 15 is 0 Å². The van der Waals surface area contributed by atoms with Gasteiger partial charge in [0.25, 0.3) is 21.8 Å². The number of thiophene rings is 1. The Labute approximate surface area is 152 Å². The van der Waals surface area contributed by atoms with Crippen LogP contribution < -0.4 is 11.1 Å². The second-order valence-electron chi connectivity index (χ2n) is 5.47. The zero-order chi connectivity index (χ0) is 18.0. The number of hydrogen-bond donors (Lipinski definition) is 2. The van der Waals surface area contributed by atoms with Crippen molar-refractivity contribution in [2.45, 2.75) is 23.5 Å². The van der Waals surface area contributed by atoms with E-state index in [4.69, 9.17) is 5.73 Å². The van der Waals surface area contributed by atoms with Crippen LogP contribution >= 0.6 is 22.7 Å². The molecule has 0 aliphatic carbocycles. The highest BCUT2D eigenvalue weighted by Gasteiger charge is 2.30. The summed E-state index contributed by atoms with van der Waals surface area (Å²) in [4.78, 5) is 27.7. The van der Waals surface area contributed by atoms with Crippen molar-refractivity contribution < 1.29 is 18.0 Å². The van der Waals surface area contributed by atoms with Crippen molar-refractivity contribution in [3.05, 3.63) is 28.2 Å². The van der Waals surface area contributed by atoms with E-state index in [0.29, 0.717) is 13.1 Å². The van der Waals surface area contributed by atoms with Gasteiger partial charge in [-0.05, 0) is 18.9 Å². The fourth-order valence-corrected chi connectivity index (χ4v) is 6.07. The van der Waals surface area contributed by atoms with Crippen LogP contribution in [0, 0.1) is 0 Å². The minimum Gasteiger partial charge on any atom is -0.366 e. The third-order valence-corrected chi connectivity index (χ3v) is 7.76. The van der Waals surface area contributed by atoms with Gasteiger partial charge in [0.15, 0.2) is 0 Å². The number of thiazole rings is 1. The summed E-state index contributed by atoms with van der Waals surface area (Å²) >= 11 is 2.08. The van der Waals surface area contributed by atoms with Crippen LogP contribution in [0.15, 0.2) is 21.2 Å². The average Bonchev–Trinajstić information content (AvgIpc) is 3.25. The molecule has 1 aliphatic rings. The summed E-state index contributed by atoms with van der Waals surface area (Å²) in [5.74, 6) is -1.32. The molecule has 0 atom stereocenters. The molecule has 3 rings (SSSR count). The monoisotopic (exact) mass is 400 g/mol. The van der Waals surface area contributed by atoms with Gasteiger partial charge in [-0.25, -0.2) is 13.4 Å². The van der Waals surface area contributed by atoms with Crippen molar-refractivity contribution in [1.29, 1.82) is 0 Å². The second kappa shape index (κ2) is 7.20. The molecule has 0 spiro atoms. The second-order valence-corrected chi connectivity index (χ2v) is 9.40. The summed E-state index contributed by atoms with van der Waals surface area (Å²) < 4.78 is 26.9. The molecular weight excluding hydrogens is 384 g/mol. The van der Waals surface area contributed by atoms with E-state index in [1.165, 1.54) is 27.2 Å². The lowest BCUT2D eigenvalue weighted by Gasteiger charge is -2.25. The van der Waals surface area contributed by atoms with Crippen LogP contribution in [0.1, 0.15) is 40.1 Å². The first-order valence-electron chi connectivity index (χ1n) is 7.53. The minimum atomic E-state index is -3.71. The van der Waals surface area contributed by atoms with Crippen LogP contribution in [0.25, 0.3) is 0 Å². The maximum atomic E-state index is 12.8. The molecule has 0 bridgehead atoms. The number of carbonyl (C=O) groups is 2. The van der Waals surface area contributed by atoms with E-state index in [2.05, 4.69) is 10.3 Å². The van der Waals surface area contributed by atoms with E-state index in [9.17, 15) is 18.0 Å². The molecule has 2 aromatic rings. The Bertz CT molecular complexity index is 883. The number of nitrogens with two attached hydrogens (primary N) is 1. The summed E-state index contributed by atoms with van der Waals surface area (Å²) in [6.07, 6.45) is 2.61. The van der Waals surface area contributed by atoms with Gasteiger partial charge in [-0.3, -0.25) is 9.59 Å². The number of anilines is 1. The Morgan fingerprint density at radius 1 is 1.24 bits per heavy atom. The van der Waals surface area contributed by atoms with Gasteiger partial charge in [-0.2, -0.15) is 4.31 Å².